The molecular formula is C22H27N3O4. The summed E-state index contributed by atoms with van der Waals surface area (Å²) in [5, 5.41) is 2.88. The molecular weight excluding hydrogens is 370 g/mol. The van der Waals surface area contributed by atoms with Gasteiger partial charge >= 0.3 is 12.0 Å². The van der Waals surface area contributed by atoms with Gasteiger partial charge in [0.2, 0.25) is 0 Å². The number of methoxy groups -OCH3 is 2. The van der Waals surface area contributed by atoms with Crippen molar-refractivity contribution < 1.29 is 19.1 Å². The van der Waals surface area contributed by atoms with Crippen LogP contribution in [0.4, 0.5) is 10.5 Å². The molecule has 7 nitrogen and oxygen atoms in total. The zero-order valence-corrected chi connectivity index (χ0v) is 16.9. The molecule has 7 heteroatoms. The summed E-state index contributed by atoms with van der Waals surface area (Å²) < 4.78 is 9.95. The van der Waals surface area contributed by atoms with E-state index < -0.39 is 5.97 Å². The van der Waals surface area contributed by atoms with Gasteiger partial charge in [-0.25, -0.2) is 9.59 Å². The number of carbonyl (C=O) groups excluding carboxylic acids is 2. The second-order valence-electron chi connectivity index (χ2n) is 6.93. The second-order valence-corrected chi connectivity index (χ2v) is 6.93. The molecule has 0 radical (unpaired) electrons. The number of carbonyl (C=O) groups is 2. The average Bonchev–Trinajstić information content (AvgIpc) is 2.78. The van der Waals surface area contributed by atoms with Crippen LogP contribution in [0.3, 0.4) is 0 Å². The van der Waals surface area contributed by atoms with E-state index in [-0.39, 0.29) is 6.03 Å². The van der Waals surface area contributed by atoms with Gasteiger partial charge in [0.25, 0.3) is 0 Å². The number of esters is 1. The van der Waals surface area contributed by atoms with E-state index in [1.54, 1.807) is 31.4 Å². The molecule has 0 saturated carbocycles. The van der Waals surface area contributed by atoms with Gasteiger partial charge < -0.3 is 19.7 Å². The largest absolute Gasteiger partial charge is 0.497 e. The van der Waals surface area contributed by atoms with E-state index in [1.165, 1.54) is 12.7 Å². The number of rotatable bonds is 6. The molecule has 0 unspecified atom stereocenters. The highest BCUT2D eigenvalue weighted by molar-refractivity contribution is 5.92. The van der Waals surface area contributed by atoms with Crippen LogP contribution in [-0.2, 0) is 11.2 Å². The first-order chi connectivity index (χ1) is 14.1. The highest BCUT2D eigenvalue weighted by Crippen LogP contribution is 2.15. The van der Waals surface area contributed by atoms with Gasteiger partial charge in [0.15, 0.2) is 0 Å². The van der Waals surface area contributed by atoms with Crippen molar-refractivity contribution in [2.75, 3.05) is 52.3 Å². The predicted molar refractivity (Wildman–Crippen MR) is 112 cm³/mol. The number of piperazine rings is 1. The number of hydrogen-bond acceptors (Lipinski definition) is 5. The normalized spacial score (nSPS) is 14.3. The zero-order chi connectivity index (χ0) is 20.6. The molecule has 0 atom stereocenters. The summed E-state index contributed by atoms with van der Waals surface area (Å²) in [5.74, 6) is 0.483. The molecule has 29 heavy (non-hydrogen) atoms. The summed E-state index contributed by atoms with van der Waals surface area (Å²) in [6.45, 7) is 4.02. The molecule has 2 aromatic rings. The van der Waals surface area contributed by atoms with Gasteiger partial charge in [0.1, 0.15) is 5.75 Å². The number of nitrogens with one attached hydrogen (secondary N) is 1. The van der Waals surface area contributed by atoms with Crippen LogP contribution < -0.4 is 10.1 Å². The summed E-state index contributed by atoms with van der Waals surface area (Å²) in [7, 11) is 3.02. The quantitative estimate of drug-likeness (QED) is 0.759. The van der Waals surface area contributed by atoms with Crippen molar-refractivity contribution >= 4 is 17.7 Å². The Kier molecular flexibility index (Phi) is 7.08. The maximum absolute atomic E-state index is 12.5. The topological polar surface area (TPSA) is 71.1 Å². The van der Waals surface area contributed by atoms with E-state index in [2.05, 4.69) is 27.1 Å². The maximum atomic E-state index is 12.5. The van der Waals surface area contributed by atoms with Crippen molar-refractivity contribution in [1.29, 1.82) is 0 Å². The Morgan fingerprint density at radius 3 is 2.38 bits per heavy atom. The van der Waals surface area contributed by atoms with Gasteiger partial charge in [0, 0.05) is 38.4 Å². The smallest absolute Gasteiger partial charge is 0.337 e. The number of benzene rings is 2. The Hall–Kier alpha value is -3.06. The zero-order valence-electron chi connectivity index (χ0n) is 16.9. The van der Waals surface area contributed by atoms with Gasteiger partial charge in [-0.15, -0.1) is 0 Å². The van der Waals surface area contributed by atoms with Crippen LogP contribution in [0.15, 0.2) is 48.5 Å². The van der Waals surface area contributed by atoms with Crippen molar-refractivity contribution in [3.63, 3.8) is 0 Å². The molecule has 1 fully saturated rings. The summed E-state index contributed by atoms with van der Waals surface area (Å²) in [6, 6.07) is 14.7. The van der Waals surface area contributed by atoms with Crippen molar-refractivity contribution in [2.45, 2.75) is 6.42 Å². The Labute approximate surface area is 171 Å². The predicted octanol–water partition coefficient (Wildman–Crippen LogP) is 2.87. The van der Waals surface area contributed by atoms with Crippen molar-refractivity contribution in [1.82, 2.24) is 9.80 Å². The molecule has 2 amide bonds. The van der Waals surface area contributed by atoms with Crippen molar-refractivity contribution in [2.24, 2.45) is 0 Å². The van der Waals surface area contributed by atoms with E-state index in [1.807, 2.05) is 17.0 Å². The molecule has 1 aliphatic heterocycles. The lowest BCUT2D eigenvalue weighted by Crippen LogP contribution is -2.50. The lowest BCUT2D eigenvalue weighted by Gasteiger charge is -2.34. The lowest BCUT2D eigenvalue weighted by atomic mass is 10.1. The molecule has 2 aromatic carbocycles. The Bertz CT molecular complexity index is 830. The first kappa shape index (κ1) is 20.7. The van der Waals surface area contributed by atoms with E-state index in [0.717, 1.165) is 31.8 Å². The SMILES string of the molecule is COC(=O)c1ccc(NC(=O)N2CCN(CCc3cccc(OC)c3)CC2)cc1. The number of urea groups is 1. The Morgan fingerprint density at radius 1 is 1.00 bits per heavy atom. The lowest BCUT2D eigenvalue weighted by molar-refractivity contribution is 0.0600. The maximum Gasteiger partial charge on any atom is 0.337 e. The minimum atomic E-state index is -0.395. The third kappa shape index (κ3) is 5.71. The third-order valence-electron chi connectivity index (χ3n) is 5.07. The highest BCUT2D eigenvalue weighted by atomic mass is 16.5. The van der Waals surface area contributed by atoms with Gasteiger partial charge in [-0.1, -0.05) is 12.1 Å². The molecule has 0 aromatic heterocycles. The van der Waals surface area contributed by atoms with Crippen LogP contribution in [-0.4, -0.2) is 68.7 Å². The minimum absolute atomic E-state index is 0.122. The van der Waals surface area contributed by atoms with Crippen LogP contribution in [0, 0.1) is 0 Å². The summed E-state index contributed by atoms with van der Waals surface area (Å²) in [4.78, 5) is 28.1. The van der Waals surface area contributed by atoms with Crippen LogP contribution in [0.1, 0.15) is 15.9 Å². The molecule has 3 rings (SSSR count). The summed E-state index contributed by atoms with van der Waals surface area (Å²) in [6.07, 6.45) is 0.954. The molecule has 154 valence electrons. The fraction of sp³-hybridized carbons (Fsp3) is 0.364. The average molecular weight is 397 g/mol. The molecule has 1 N–H and O–H groups in total. The summed E-state index contributed by atoms with van der Waals surface area (Å²) >= 11 is 0. The molecule has 0 bridgehead atoms. The van der Waals surface area contributed by atoms with Crippen LogP contribution >= 0.6 is 0 Å². The van der Waals surface area contributed by atoms with E-state index in [0.29, 0.717) is 24.3 Å². The van der Waals surface area contributed by atoms with Gasteiger partial charge in [-0.05, 0) is 48.4 Å². The number of nitrogens with zero attached hydrogens (tertiary/aromatic N) is 2. The highest BCUT2D eigenvalue weighted by Gasteiger charge is 2.21. The second kappa shape index (κ2) is 9.93. The third-order valence-corrected chi connectivity index (χ3v) is 5.07. The fourth-order valence-electron chi connectivity index (χ4n) is 3.30. The molecule has 1 aliphatic rings. The monoisotopic (exact) mass is 397 g/mol. The van der Waals surface area contributed by atoms with Gasteiger partial charge in [0.05, 0.1) is 19.8 Å². The first-order valence-corrected chi connectivity index (χ1v) is 9.68. The van der Waals surface area contributed by atoms with E-state index >= 15 is 0 Å². The number of amides is 2. The number of ether oxygens (including phenoxy) is 2. The standard InChI is InChI=1S/C22H27N3O4/c1-28-20-5-3-4-17(16-20)10-11-24-12-14-25(15-13-24)22(27)23-19-8-6-18(7-9-19)21(26)29-2/h3-9,16H,10-15H2,1-2H3,(H,23,27). The molecule has 0 aliphatic carbocycles. The Balaban J connectivity index is 1.43. The van der Waals surface area contributed by atoms with Crippen LogP contribution in [0.2, 0.25) is 0 Å². The number of hydrogen-bond donors (Lipinski definition) is 1. The number of anilines is 1. The van der Waals surface area contributed by atoms with Crippen LogP contribution in [0.5, 0.6) is 5.75 Å². The minimum Gasteiger partial charge on any atom is -0.497 e. The van der Waals surface area contributed by atoms with E-state index in [4.69, 9.17) is 4.74 Å². The Morgan fingerprint density at radius 2 is 1.72 bits per heavy atom. The van der Waals surface area contributed by atoms with Crippen LogP contribution in [0.25, 0.3) is 0 Å². The summed E-state index contributed by atoms with van der Waals surface area (Å²) in [5.41, 5.74) is 2.36. The van der Waals surface area contributed by atoms with Gasteiger partial charge in [-0.3, -0.25) is 4.90 Å². The molecule has 1 saturated heterocycles. The fourth-order valence-corrected chi connectivity index (χ4v) is 3.30. The molecule has 1 heterocycles. The van der Waals surface area contributed by atoms with Crippen molar-refractivity contribution in [3.05, 3.63) is 59.7 Å². The van der Waals surface area contributed by atoms with Gasteiger partial charge in [-0.2, -0.15) is 0 Å². The van der Waals surface area contributed by atoms with Crippen molar-refractivity contribution in [3.8, 4) is 5.75 Å². The first-order valence-electron chi connectivity index (χ1n) is 9.68. The molecule has 0 spiro atoms. The van der Waals surface area contributed by atoms with E-state index in [9.17, 15) is 9.59 Å².